The number of aromatic nitrogens is 2. The Morgan fingerprint density at radius 1 is 1.33 bits per heavy atom. The van der Waals surface area contributed by atoms with Gasteiger partial charge in [0.2, 0.25) is 11.6 Å². The fraction of sp³-hybridized carbons (Fsp3) is 0.312. The first-order chi connectivity index (χ1) is 13.1. The number of nitrogens with zero attached hydrogens (tertiary/aromatic N) is 4. The monoisotopic (exact) mass is 376 g/mol. The molecule has 0 aliphatic heterocycles. The van der Waals surface area contributed by atoms with Gasteiger partial charge in [0, 0.05) is 13.1 Å². The second-order valence-electron chi connectivity index (χ2n) is 5.23. The fourth-order valence-corrected chi connectivity index (χ4v) is 2.23. The lowest BCUT2D eigenvalue weighted by Crippen LogP contribution is -2.35. The molecule has 0 radical (unpaired) electrons. The largest absolute Gasteiger partial charge is 0.484 e. The number of anilines is 2. The molecule has 0 aliphatic carbocycles. The van der Waals surface area contributed by atoms with Gasteiger partial charge in [0.25, 0.3) is 5.91 Å². The van der Waals surface area contributed by atoms with Gasteiger partial charge in [0.05, 0.1) is 11.5 Å². The number of benzene rings is 1. The van der Waals surface area contributed by atoms with Crippen LogP contribution in [0.1, 0.15) is 6.92 Å². The highest BCUT2D eigenvalue weighted by atomic mass is 16.6. The number of nitrogens with one attached hydrogen (secondary N) is 2. The molecule has 11 nitrogen and oxygen atoms in total. The number of likely N-dealkylation sites (N-methyl/N-ethyl adjacent to an activating group) is 1. The summed E-state index contributed by atoms with van der Waals surface area (Å²) in [6, 6.07) is 8.74. The standard InChI is InChI=1S/C16H20N6O5/c1-2-21(8-9-23)16-14(22(25)26)15(17-11-18-16)20-19-13(24)10-27-12-6-4-3-5-7-12/h3-7,11,23H,2,8-10H2,1H3,(H,19,24)(H,17,18,20). The van der Waals surface area contributed by atoms with Crippen molar-refractivity contribution in [2.45, 2.75) is 6.92 Å². The predicted octanol–water partition coefficient (Wildman–Crippen LogP) is 0.726. The predicted molar refractivity (Wildman–Crippen MR) is 97.4 cm³/mol. The van der Waals surface area contributed by atoms with Gasteiger partial charge in [-0.15, -0.1) is 0 Å². The van der Waals surface area contributed by atoms with Crippen LogP contribution in [0.4, 0.5) is 17.3 Å². The number of ether oxygens (including phenoxy) is 1. The summed E-state index contributed by atoms with van der Waals surface area (Å²) in [6.07, 6.45) is 1.14. The van der Waals surface area contributed by atoms with E-state index >= 15 is 0 Å². The zero-order valence-electron chi connectivity index (χ0n) is 14.7. The van der Waals surface area contributed by atoms with E-state index in [4.69, 9.17) is 9.84 Å². The highest BCUT2D eigenvalue weighted by Crippen LogP contribution is 2.31. The number of amides is 1. The van der Waals surface area contributed by atoms with Gasteiger partial charge in [-0.25, -0.2) is 9.97 Å². The molecule has 0 atom stereocenters. The van der Waals surface area contributed by atoms with E-state index in [1.165, 1.54) is 4.90 Å². The molecule has 2 rings (SSSR count). The van der Waals surface area contributed by atoms with Crippen LogP contribution in [-0.4, -0.2) is 52.2 Å². The van der Waals surface area contributed by atoms with Crippen molar-refractivity contribution in [3.8, 4) is 5.75 Å². The first-order valence-corrected chi connectivity index (χ1v) is 8.14. The van der Waals surface area contributed by atoms with E-state index in [1.54, 1.807) is 31.2 Å². The van der Waals surface area contributed by atoms with E-state index in [-0.39, 0.29) is 31.4 Å². The summed E-state index contributed by atoms with van der Waals surface area (Å²) in [5.74, 6) is -0.153. The number of aliphatic hydroxyl groups excluding tert-OH is 1. The van der Waals surface area contributed by atoms with Gasteiger partial charge in [-0.2, -0.15) is 0 Å². The van der Waals surface area contributed by atoms with Crippen LogP contribution in [0.3, 0.4) is 0 Å². The third-order valence-corrected chi connectivity index (χ3v) is 3.47. The van der Waals surface area contributed by atoms with Gasteiger partial charge in [0.15, 0.2) is 6.61 Å². The lowest BCUT2D eigenvalue weighted by molar-refractivity contribution is -0.383. The fourth-order valence-electron chi connectivity index (χ4n) is 2.23. The molecule has 0 unspecified atom stereocenters. The van der Waals surface area contributed by atoms with Gasteiger partial charge in [-0.1, -0.05) is 18.2 Å². The van der Waals surface area contributed by atoms with E-state index in [9.17, 15) is 14.9 Å². The second kappa shape index (κ2) is 9.87. The minimum Gasteiger partial charge on any atom is -0.484 e. The number of carbonyl (C=O) groups is 1. The molecule has 1 aromatic heterocycles. The number of nitro groups is 1. The van der Waals surface area contributed by atoms with Crippen LogP contribution in [0.2, 0.25) is 0 Å². The van der Waals surface area contributed by atoms with Gasteiger partial charge in [-0.05, 0) is 19.1 Å². The van der Waals surface area contributed by atoms with Gasteiger partial charge < -0.3 is 14.7 Å². The van der Waals surface area contributed by atoms with Crippen molar-refractivity contribution < 1.29 is 19.6 Å². The maximum Gasteiger partial charge on any atom is 0.355 e. The van der Waals surface area contributed by atoms with Crippen molar-refractivity contribution in [2.24, 2.45) is 0 Å². The smallest absolute Gasteiger partial charge is 0.355 e. The van der Waals surface area contributed by atoms with Crippen LogP contribution in [-0.2, 0) is 4.79 Å². The highest BCUT2D eigenvalue weighted by molar-refractivity contribution is 5.80. The van der Waals surface area contributed by atoms with Crippen LogP contribution in [0.5, 0.6) is 5.75 Å². The van der Waals surface area contributed by atoms with E-state index < -0.39 is 16.5 Å². The minimum atomic E-state index is -0.648. The number of hydrogen-bond acceptors (Lipinski definition) is 9. The molecule has 0 saturated carbocycles. The molecule has 1 heterocycles. The summed E-state index contributed by atoms with van der Waals surface area (Å²) in [5, 5.41) is 20.6. The lowest BCUT2D eigenvalue weighted by atomic mass is 10.3. The normalized spacial score (nSPS) is 10.1. The lowest BCUT2D eigenvalue weighted by Gasteiger charge is -2.20. The van der Waals surface area contributed by atoms with Gasteiger partial charge in [0.1, 0.15) is 12.1 Å². The van der Waals surface area contributed by atoms with Crippen LogP contribution in [0.25, 0.3) is 0 Å². The Labute approximate surface area is 155 Å². The third kappa shape index (κ3) is 5.51. The molecule has 3 N–H and O–H groups in total. The molecular weight excluding hydrogens is 356 g/mol. The first kappa shape index (κ1) is 19.8. The molecule has 1 amide bonds. The molecular formula is C16H20N6O5. The molecule has 0 fully saturated rings. The summed E-state index contributed by atoms with van der Waals surface area (Å²) in [5.41, 5.74) is 4.33. The molecule has 1 aromatic carbocycles. The van der Waals surface area contributed by atoms with Crippen molar-refractivity contribution in [1.82, 2.24) is 15.4 Å². The van der Waals surface area contributed by atoms with Gasteiger partial charge in [-0.3, -0.25) is 25.8 Å². The van der Waals surface area contributed by atoms with Gasteiger partial charge >= 0.3 is 5.69 Å². The second-order valence-corrected chi connectivity index (χ2v) is 5.23. The Hall–Kier alpha value is -3.47. The molecule has 0 aliphatic rings. The quantitative estimate of drug-likeness (QED) is 0.404. The number of rotatable bonds is 10. The summed E-state index contributed by atoms with van der Waals surface area (Å²) in [7, 11) is 0. The third-order valence-electron chi connectivity index (χ3n) is 3.47. The number of para-hydroxylation sites is 1. The van der Waals surface area contributed by atoms with Crippen LogP contribution in [0.15, 0.2) is 36.7 Å². The summed E-state index contributed by atoms with van der Waals surface area (Å²) in [6.45, 7) is 1.87. The van der Waals surface area contributed by atoms with Crippen LogP contribution in [0, 0.1) is 10.1 Å². The van der Waals surface area contributed by atoms with Crippen molar-refractivity contribution in [2.75, 3.05) is 36.6 Å². The average molecular weight is 376 g/mol. The zero-order valence-corrected chi connectivity index (χ0v) is 14.7. The number of hydrogen-bond donors (Lipinski definition) is 3. The first-order valence-electron chi connectivity index (χ1n) is 8.14. The number of hydrazine groups is 1. The summed E-state index contributed by atoms with van der Waals surface area (Å²) in [4.78, 5) is 32.0. The molecule has 0 spiro atoms. The molecule has 27 heavy (non-hydrogen) atoms. The van der Waals surface area contributed by atoms with Crippen molar-refractivity contribution in [3.63, 3.8) is 0 Å². The molecule has 0 bridgehead atoms. The molecule has 2 aromatic rings. The maximum absolute atomic E-state index is 11.9. The van der Waals surface area contributed by atoms with E-state index in [0.717, 1.165) is 6.33 Å². The van der Waals surface area contributed by atoms with E-state index in [0.29, 0.717) is 12.3 Å². The topological polar surface area (TPSA) is 143 Å². The van der Waals surface area contributed by atoms with Crippen molar-refractivity contribution in [1.29, 1.82) is 0 Å². The SMILES string of the molecule is CCN(CCO)c1ncnc(NNC(=O)COc2ccccc2)c1[N+](=O)[O-]. The molecule has 0 saturated heterocycles. The molecule has 144 valence electrons. The Morgan fingerprint density at radius 2 is 2.07 bits per heavy atom. The Kier molecular flexibility index (Phi) is 7.26. The van der Waals surface area contributed by atoms with E-state index in [2.05, 4.69) is 20.8 Å². The van der Waals surface area contributed by atoms with E-state index in [1.807, 2.05) is 6.07 Å². The average Bonchev–Trinajstić information content (AvgIpc) is 2.69. The van der Waals surface area contributed by atoms with Crippen molar-refractivity contribution >= 4 is 23.2 Å². The number of carbonyl (C=O) groups excluding carboxylic acids is 1. The minimum absolute atomic E-state index is 0.0452. The number of aliphatic hydroxyl groups is 1. The Balaban J connectivity index is 2.06. The van der Waals surface area contributed by atoms with Crippen LogP contribution < -0.4 is 20.5 Å². The summed E-state index contributed by atoms with van der Waals surface area (Å²) >= 11 is 0. The van der Waals surface area contributed by atoms with Crippen molar-refractivity contribution in [3.05, 3.63) is 46.8 Å². The maximum atomic E-state index is 11.9. The molecule has 11 heteroatoms. The summed E-state index contributed by atoms with van der Waals surface area (Å²) < 4.78 is 5.29. The Bertz CT molecular complexity index is 773. The highest BCUT2D eigenvalue weighted by Gasteiger charge is 2.26. The zero-order chi connectivity index (χ0) is 19.6. The Morgan fingerprint density at radius 3 is 2.70 bits per heavy atom. The van der Waals surface area contributed by atoms with Crippen LogP contribution >= 0.6 is 0 Å².